The van der Waals surface area contributed by atoms with Crippen LogP contribution in [0.4, 0.5) is 5.69 Å². The molecule has 2 aromatic rings. The summed E-state index contributed by atoms with van der Waals surface area (Å²) in [5.41, 5.74) is 8.44. The summed E-state index contributed by atoms with van der Waals surface area (Å²) in [4.78, 5) is 14.5. The first-order valence-electron chi connectivity index (χ1n) is 8.63. The smallest absolute Gasteiger partial charge is 0.238 e. The van der Waals surface area contributed by atoms with E-state index in [-0.39, 0.29) is 12.5 Å². The van der Waals surface area contributed by atoms with Crippen LogP contribution in [0.2, 0.25) is 5.02 Å². The van der Waals surface area contributed by atoms with Crippen molar-refractivity contribution < 1.29 is 9.53 Å². The summed E-state index contributed by atoms with van der Waals surface area (Å²) in [6.45, 7) is 4.10. The van der Waals surface area contributed by atoms with Gasteiger partial charge in [0.15, 0.2) is 0 Å². The number of carbonyl (C=O) groups excluding carboxylic acids is 1. The molecule has 0 aliphatic heterocycles. The third kappa shape index (κ3) is 6.02. The van der Waals surface area contributed by atoms with Crippen LogP contribution in [0.15, 0.2) is 42.5 Å². The molecule has 0 fully saturated rings. The second kappa shape index (κ2) is 10.2. The number of nitrogens with two attached hydrogens (primary N) is 1. The zero-order valence-corrected chi connectivity index (χ0v) is 16.1. The molecule has 0 aromatic heterocycles. The molecular formula is C20H26ClN3O2. The average molecular weight is 376 g/mol. The van der Waals surface area contributed by atoms with E-state index in [9.17, 15) is 4.79 Å². The molecule has 0 heterocycles. The first-order chi connectivity index (χ1) is 12.5. The van der Waals surface area contributed by atoms with Crippen molar-refractivity contribution in [1.82, 2.24) is 4.90 Å². The van der Waals surface area contributed by atoms with E-state index in [4.69, 9.17) is 22.1 Å². The monoisotopic (exact) mass is 375 g/mol. The van der Waals surface area contributed by atoms with Gasteiger partial charge in [-0.15, -0.1) is 0 Å². The van der Waals surface area contributed by atoms with Crippen LogP contribution in [0.1, 0.15) is 11.1 Å². The van der Waals surface area contributed by atoms with Gasteiger partial charge in [0.1, 0.15) is 5.75 Å². The minimum absolute atomic E-state index is 0.105. The number of nitrogens with one attached hydrogen (secondary N) is 1. The van der Waals surface area contributed by atoms with Gasteiger partial charge >= 0.3 is 0 Å². The van der Waals surface area contributed by atoms with Gasteiger partial charge in [0.2, 0.25) is 5.91 Å². The number of carbonyl (C=O) groups is 1. The predicted molar refractivity (Wildman–Crippen MR) is 107 cm³/mol. The fraction of sp³-hybridized carbons (Fsp3) is 0.350. The largest absolute Gasteiger partial charge is 0.495 e. The highest BCUT2D eigenvalue weighted by molar-refractivity contribution is 6.31. The summed E-state index contributed by atoms with van der Waals surface area (Å²) in [7, 11) is 1.55. The molecule has 0 saturated heterocycles. The molecule has 0 spiro atoms. The minimum atomic E-state index is -0.105. The van der Waals surface area contributed by atoms with Crippen LogP contribution in [0.25, 0.3) is 0 Å². The topological polar surface area (TPSA) is 67.6 Å². The SMILES string of the molecule is COc1cc(Cl)c(C)cc1NC(=O)CN(CCN)CCc1ccccc1. The zero-order chi connectivity index (χ0) is 18.9. The maximum atomic E-state index is 12.5. The van der Waals surface area contributed by atoms with E-state index in [1.165, 1.54) is 5.56 Å². The summed E-state index contributed by atoms with van der Waals surface area (Å²) in [6, 6.07) is 13.7. The van der Waals surface area contributed by atoms with E-state index in [0.29, 0.717) is 29.5 Å². The number of amides is 1. The van der Waals surface area contributed by atoms with Crippen molar-refractivity contribution in [3.63, 3.8) is 0 Å². The van der Waals surface area contributed by atoms with E-state index >= 15 is 0 Å². The van der Waals surface area contributed by atoms with E-state index < -0.39 is 0 Å². The zero-order valence-electron chi connectivity index (χ0n) is 15.3. The Hall–Kier alpha value is -2.08. The Balaban J connectivity index is 1.98. The molecule has 0 unspecified atom stereocenters. The molecule has 3 N–H and O–H groups in total. The van der Waals surface area contributed by atoms with Crippen molar-refractivity contribution in [1.29, 1.82) is 0 Å². The standard InChI is InChI=1S/C20H26ClN3O2/c1-15-12-18(19(26-2)13-17(15)21)23-20(25)14-24(11-9-22)10-8-16-6-4-3-5-7-16/h3-7,12-13H,8-11,14,22H2,1-2H3,(H,23,25). The second-order valence-corrected chi connectivity index (χ2v) is 6.56. The van der Waals surface area contributed by atoms with Gasteiger partial charge in [0.05, 0.1) is 19.3 Å². The summed E-state index contributed by atoms with van der Waals surface area (Å²) in [5.74, 6) is 0.440. The molecule has 2 rings (SSSR count). The third-order valence-corrected chi connectivity index (χ3v) is 4.53. The van der Waals surface area contributed by atoms with Crippen molar-refractivity contribution in [3.8, 4) is 5.75 Å². The second-order valence-electron chi connectivity index (χ2n) is 6.15. The lowest BCUT2D eigenvalue weighted by molar-refractivity contribution is -0.117. The van der Waals surface area contributed by atoms with Crippen LogP contribution in [0, 0.1) is 6.92 Å². The quantitative estimate of drug-likeness (QED) is 0.706. The molecule has 140 valence electrons. The van der Waals surface area contributed by atoms with E-state index in [2.05, 4.69) is 22.3 Å². The molecule has 0 radical (unpaired) electrons. The van der Waals surface area contributed by atoms with Crippen LogP contribution < -0.4 is 15.8 Å². The number of benzene rings is 2. The van der Waals surface area contributed by atoms with Gasteiger partial charge in [-0.1, -0.05) is 41.9 Å². The normalized spacial score (nSPS) is 10.8. The van der Waals surface area contributed by atoms with Crippen LogP contribution in [-0.4, -0.2) is 44.1 Å². The number of methoxy groups -OCH3 is 1. The Morgan fingerprint density at radius 3 is 2.62 bits per heavy atom. The molecule has 0 aliphatic rings. The number of rotatable bonds is 9. The van der Waals surface area contributed by atoms with Crippen LogP contribution in [0.3, 0.4) is 0 Å². The van der Waals surface area contributed by atoms with Gasteiger partial charge < -0.3 is 15.8 Å². The Kier molecular flexibility index (Phi) is 7.91. The number of hydrogen-bond acceptors (Lipinski definition) is 4. The van der Waals surface area contributed by atoms with Crippen molar-refractivity contribution in [2.75, 3.05) is 38.6 Å². The third-order valence-electron chi connectivity index (χ3n) is 4.13. The van der Waals surface area contributed by atoms with Gasteiger partial charge in [0, 0.05) is 30.7 Å². The fourth-order valence-corrected chi connectivity index (χ4v) is 2.86. The van der Waals surface area contributed by atoms with E-state index in [1.54, 1.807) is 13.2 Å². The Morgan fingerprint density at radius 2 is 1.96 bits per heavy atom. The summed E-state index contributed by atoms with van der Waals surface area (Å²) < 4.78 is 5.31. The highest BCUT2D eigenvalue weighted by atomic mass is 35.5. The summed E-state index contributed by atoms with van der Waals surface area (Å²) in [6.07, 6.45) is 0.873. The van der Waals surface area contributed by atoms with Gasteiger partial charge in [-0.05, 0) is 30.5 Å². The molecule has 1 amide bonds. The molecule has 0 aliphatic carbocycles. The highest BCUT2D eigenvalue weighted by Gasteiger charge is 2.14. The molecule has 26 heavy (non-hydrogen) atoms. The fourth-order valence-electron chi connectivity index (χ4n) is 2.71. The van der Waals surface area contributed by atoms with Gasteiger partial charge in [-0.25, -0.2) is 0 Å². The van der Waals surface area contributed by atoms with Crippen molar-refractivity contribution >= 4 is 23.2 Å². The summed E-state index contributed by atoms with van der Waals surface area (Å²) in [5, 5.41) is 3.52. The molecule has 0 atom stereocenters. The van der Waals surface area contributed by atoms with Gasteiger partial charge in [-0.3, -0.25) is 9.69 Å². The Morgan fingerprint density at radius 1 is 1.23 bits per heavy atom. The van der Waals surface area contributed by atoms with Crippen molar-refractivity contribution in [2.24, 2.45) is 5.73 Å². The predicted octanol–water partition coefficient (Wildman–Crippen LogP) is 3.10. The Bertz CT molecular complexity index is 722. The van der Waals surface area contributed by atoms with Crippen molar-refractivity contribution in [3.05, 3.63) is 58.6 Å². The number of anilines is 1. The number of ether oxygens (including phenoxy) is 1. The van der Waals surface area contributed by atoms with Crippen LogP contribution in [-0.2, 0) is 11.2 Å². The van der Waals surface area contributed by atoms with E-state index in [0.717, 1.165) is 18.5 Å². The summed E-state index contributed by atoms with van der Waals surface area (Å²) >= 11 is 6.11. The molecule has 2 aromatic carbocycles. The maximum absolute atomic E-state index is 12.5. The molecular weight excluding hydrogens is 350 g/mol. The van der Waals surface area contributed by atoms with Crippen LogP contribution >= 0.6 is 11.6 Å². The minimum Gasteiger partial charge on any atom is -0.495 e. The number of hydrogen-bond donors (Lipinski definition) is 2. The van der Waals surface area contributed by atoms with Gasteiger partial charge in [-0.2, -0.15) is 0 Å². The highest BCUT2D eigenvalue weighted by Crippen LogP contribution is 2.30. The average Bonchev–Trinajstić information content (AvgIpc) is 2.63. The molecule has 5 nitrogen and oxygen atoms in total. The number of aryl methyl sites for hydroxylation is 1. The maximum Gasteiger partial charge on any atom is 0.238 e. The van der Waals surface area contributed by atoms with E-state index in [1.807, 2.05) is 31.2 Å². The first-order valence-corrected chi connectivity index (χ1v) is 9.01. The first kappa shape index (κ1) is 20.2. The molecule has 6 heteroatoms. The number of nitrogens with zero attached hydrogens (tertiary/aromatic N) is 1. The van der Waals surface area contributed by atoms with Crippen molar-refractivity contribution in [2.45, 2.75) is 13.3 Å². The lowest BCUT2D eigenvalue weighted by atomic mass is 10.1. The number of halogens is 1. The molecule has 0 saturated carbocycles. The molecule has 0 bridgehead atoms. The van der Waals surface area contributed by atoms with Crippen LogP contribution in [0.5, 0.6) is 5.75 Å². The van der Waals surface area contributed by atoms with Gasteiger partial charge in [0.25, 0.3) is 0 Å². The lowest BCUT2D eigenvalue weighted by Crippen LogP contribution is -2.38. The lowest BCUT2D eigenvalue weighted by Gasteiger charge is -2.21. The Labute approximate surface area is 160 Å².